The van der Waals surface area contributed by atoms with Gasteiger partial charge in [0.1, 0.15) is 5.75 Å². The van der Waals surface area contributed by atoms with Crippen molar-refractivity contribution < 1.29 is 14.0 Å². The first-order chi connectivity index (χ1) is 10.2. The van der Waals surface area contributed by atoms with Gasteiger partial charge in [0.15, 0.2) is 8.32 Å². The van der Waals surface area contributed by atoms with Crippen LogP contribution in [0, 0.1) is 5.41 Å². The molecule has 23 heavy (non-hydrogen) atoms. The lowest BCUT2D eigenvalue weighted by Crippen LogP contribution is -2.40. The van der Waals surface area contributed by atoms with E-state index in [9.17, 15) is 4.79 Å². The first-order valence-electron chi connectivity index (χ1n) is 7.89. The molecular formula is C18H29BrO3Si. The zero-order chi connectivity index (χ0) is 18.1. The van der Waals surface area contributed by atoms with Crippen molar-refractivity contribution >= 4 is 30.2 Å². The predicted octanol–water partition coefficient (Wildman–Crippen LogP) is 5.92. The SMILES string of the molecule is CC(C)(C)C(=O)Oc1ccc(Br)c(CO[Si](C)(C)C(C)(C)C)c1. The minimum atomic E-state index is -1.82. The van der Waals surface area contributed by atoms with Crippen LogP contribution in [0.1, 0.15) is 47.1 Å². The summed E-state index contributed by atoms with van der Waals surface area (Å²) in [7, 11) is -1.82. The van der Waals surface area contributed by atoms with Crippen LogP contribution in [-0.4, -0.2) is 14.3 Å². The number of esters is 1. The Hall–Kier alpha value is -0.653. The lowest BCUT2D eigenvalue weighted by atomic mass is 9.97. The van der Waals surface area contributed by atoms with E-state index in [1.165, 1.54) is 0 Å². The highest BCUT2D eigenvalue weighted by atomic mass is 79.9. The monoisotopic (exact) mass is 400 g/mol. The van der Waals surface area contributed by atoms with E-state index in [1.54, 1.807) is 6.07 Å². The summed E-state index contributed by atoms with van der Waals surface area (Å²) in [5, 5.41) is 0.162. The number of benzene rings is 1. The molecule has 0 unspecified atom stereocenters. The number of ether oxygens (including phenoxy) is 1. The van der Waals surface area contributed by atoms with Crippen LogP contribution in [0.5, 0.6) is 5.75 Å². The second-order valence-electron chi connectivity index (χ2n) is 8.44. The van der Waals surface area contributed by atoms with Crippen LogP contribution in [0.4, 0.5) is 0 Å². The van der Waals surface area contributed by atoms with Crippen molar-refractivity contribution in [2.24, 2.45) is 5.41 Å². The number of hydrogen-bond acceptors (Lipinski definition) is 3. The fourth-order valence-corrected chi connectivity index (χ4v) is 2.77. The van der Waals surface area contributed by atoms with E-state index < -0.39 is 13.7 Å². The highest BCUT2D eigenvalue weighted by molar-refractivity contribution is 9.10. The van der Waals surface area contributed by atoms with E-state index in [-0.39, 0.29) is 11.0 Å². The molecule has 0 amide bonds. The van der Waals surface area contributed by atoms with Gasteiger partial charge in [-0.2, -0.15) is 0 Å². The second kappa shape index (κ2) is 7.07. The number of carbonyl (C=O) groups excluding carboxylic acids is 1. The molecule has 0 saturated heterocycles. The molecule has 3 nitrogen and oxygen atoms in total. The standard InChI is InChI=1S/C18H29BrO3Si/c1-17(2,3)16(20)22-14-9-10-15(19)13(11-14)12-21-23(7,8)18(4,5)6/h9-11H,12H2,1-8H3. The average molecular weight is 401 g/mol. The van der Waals surface area contributed by atoms with Crippen LogP contribution in [0.3, 0.4) is 0 Å². The fraction of sp³-hybridized carbons (Fsp3) is 0.611. The summed E-state index contributed by atoms with van der Waals surface area (Å²) in [6, 6.07) is 5.57. The van der Waals surface area contributed by atoms with E-state index >= 15 is 0 Å². The molecule has 1 aromatic carbocycles. The zero-order valence-electron chi connectivity index (χ0n) is 15.5. The Kier molecular flexibility index (Phi) is 6.27. The lowest BCUT2D eigenvalue weighted by Gasteiger charge is -2.36. The molecule has 0 aliphatic heterocycles. The smallest absolute Gasteiger partial charge is 0.316 e. The first-order valence-corrected chi connectivity index (χ1v) is 11.6. The van der Waals surface area contributed by atoms with E-state index in [2.05, 4.69) is 49.8 Å². The molecule has 0 bridgehead atoms. The number of rotatable bonds is 4. The van der Waals surface area contributed by atoms with E-state index in [0.717, 1.165) is 10.0 Å². The molecule has 0 radical (unpaired) electrons. The van der Waals surface area contributed by atoms with Crippen molar-refractivity contribution in [3.8, 4) is 5.75 Å². The Morgan fingerprint density at radius 2 is 1.70 bits per heavy atom. The number of carbonyl (C=O) groups is 1. The van der Waals surface area contributed by atoms with Crippen LogP contribution >= 0.6 is 15.9 Å². The van der Waals surface area contributed by atoms with Gasteiger partial charge in [-0.1, -0.05) is 36.7 Å². The molecule has 0 fully saturated rings. The van der Waals surface area contributed by atoms with Crippen LogP contribution in [-0.2, 0) is 15.8 Å². The topological polar surface area (TPSA) is 35.5 Å². The Balaban J connectivity index is 2.89. The average Bonchev–Trinajstić information content (AvgIpc) is 2.37. The molecule has 0 aliphatic carbocycles. The molecule has 0 atom stereocenters. The van der Waals surface area contributed by atoms with Crippen LogP contribution < -0.4 is 4.74 Å². The Labute approximate surface area is 150 Å². The maximum atomic E-state index is 12.0. The molecule has 0 heterocycles. The first kappa shape index (κ1) is 20.4. The maximum absolute atomic E-state index is 12.0. The van der Waals surface area contributed by atoms with Crippen LogP contribution in [0.15, 0.2) is 22.7 Å². The summed E-state index contributed by atoms with van der Waals surface area (Å²) in [5.41, 5.74) is 0.472. The van der Waals surface area contributed by atoms with E-state index in [0.29, 0.717) is 12.4 Å². The summed E-state index contributed by atoms with van der Waals surface area (Å²) in [4.78, 5) is 12.0. The Morgan fingerprint density at radius 3 is 2.17 bits per heavy atom. The van der Waals surface area contributed by atoms with Crippen molar-refractivity contribution in [2.75, 3.05) is 0 Å². The number of halogens is 1. The molecule has 0 aliphatic rings. The molecule has 0 saturated carbocycles. The van der Waals surface area contributed by atoms with Crippen molar-refractivity contribution in [2.45, 2.75) is 66.3 Å². The van der Waals surface area contributed by atoms with Crippen molar-refractivity contribution in [1.82, 2.24) is 0 Å². The van der Waals surface area contributed by atoms with Crippen LogP contribution in [0.25, 0.3) is 0 Å². The van der Waals surface area contributed by atoms with Gasteiger partial charge in [-0.15, -0.1) is 0 Å². The normalized spacial score (nSPS) is 13.1. The summed E-state index contributed by atoms with van der Waals surface area (Å²) in [5.74, 6) is 0.318. The summed E-state index contributed by atoms with van der Waals surface area (Å²) in [6.07, 6.45) is 0. The molecule has 0 aromatic heterocycles. The van der Waals surface area contributed by atoms with Crippen LogP contribution in [0.2, 0.25) is 18.1 Å². The van der Waals surface area contributed by atoms with Gasteiger partial charge in [0.25, 0.3) is 0 Å². The molecule has 130 valence electrons. The zero-order valence-corrected chi connectivity index (χ0v) is 18.1. The van der Waals surface area contributed by atoms with Gasteiger partial charge in [0.05, 0.1) is 12.0 Å². The maximum Gasteiger partial charge on any atom is 0.316 e. The summed E-state index contributed by atoms with van der Waals surface area (Å²) in [6.45, 7) is 17.1. The molecule has 0 spiro atoms. The number of hydrogen-bond donors (Lipinski definition) is 0. The summed E-state index contributed by atoms with van der Waals surface area (Å²) < 4.78 is 12.7. The predicted molar refractivity (Wildman–Crippen MR) is 101 cm³/mol. The van der Waals surface area contributed by atoms with Crippen molar-refractivity contribution in [3.05, 3.63) is 28.2 Å². The Morgan fingerprint density at radius 1 is 1.13 bits per heavy atom. The quantitative estimate of drug-likeness (QED) is 0.357. The Bertz CT molecular complexity index is 569. The molecular weight excluding hydrogens is 372 g/mol. The second-order valence-corrected chi connectivity index (χ2v) is 14.1. The van der Waals surface area contributed by atoms with Gasteiger partial charge >= 0.3 is 5.97 Å². The highest BCUT2D eigenvalue weighted by Crippen LogP contribution is 2.37. The van der Waals surface area contributed by atoms with Gasteiger partial charge in [-0.05, 0) is 62.7 Å². The molecule has 5 heteroatoms. The molecule has 0 N–H and O–H groups in total. The fourth-order valence-electron chi connectivity index (χ4n) is 1.46. The van der Waals surface area contributed by atoms with Gasteiger partial charge in [0.2, 0.25) is 0 Å². The van der Waals surface area contributed by atoms with E-state index in [1.807, 2.05) is 32.9 Å². The molecule has 1 aromatic rings. The minimum Gasteiger partial charge on any atom is -0.426 e. The lowest BCUT2D eigenvalue weighted by molar-refractivity contribution is -0.143. The largest absolute Gasteiger partial charge is 0.426 e. The third-order valence-electron chi connectivity index (χ3n) is 4.23. The van der Waals surface area contributed by atoms with Gasteiger partial charge in [-0.25, -0.2) is 0 Å². The minimum absolute atomic E-state index is 0.162. The van der Waals surface area contributed by atoms with Gasteiger partial charge in [-0.3, -0.25) is 4.79 Å². The van der Waals surface area contributed by atoms with Gasteiger partial charge < -0.3 is 9.16 Å². The third kappa shape index (κ3) is 5.73. The molecule has 1 rings (SSSR count). The van der Waals surface area contributed by atoms with Crippen molar-refractivity contribution in [1.29, 1.82) is 0 Å². The van der Waals surface area contributed by atoms with E-state index in [4.69, 9.17) is 9.16 Å². The third-order valence-corrected chi connectivity index (χ3v) is 9.49. The highest BCUT2D eigenvalue weighted by Gasteiger charge is 2.37. The summed E-state index contributed by atoms with van der Waals surface area (Å²) >= 11 is 3.55. The van der Waals surface area contributed by atoms with Crippen molar-refractivity contribution in [3.63, 3.8) is 0 Å². The van der Waals surface area contributed by atoms with Gasteiger partial charge in [0, 0.05) is 4.47 Å².